The van der Waals surface area contributed by atoms with Crippen molar-refractivity contribution in [1.29, 1.82) is 0 Å². The summed E-state index contributed by atoms with van der Waals surface area (Å²) in [6.45, 7) is 2.38. The first-order valence-corrected chi connectivity index (χ1v) is 12.1. The van der Waals surface area contributed by atoms with Crippen LogP contribution < -0.4 is 15.4 Å². The lowest BCUT2D eigenvalue weighted by molar-refractivity contribution is -0.113. The highest BCUT2D eigenvalue weighted by atomic mass is 16.5. The zero-order valence-electron chi connectivity index (χ0n) is 20.5. The van der Waals surface area contributed by atoms with E-state index in [2.05, 4.69) is 20.6 Å². The molecular weight excluding hydrogens is 468 g/mol. The number of nitrogens with zero attached hydrogens (tertiary/aromatic N) is 4. The number of carbonyl (C=O) groups excluding carboxylic acids is 1. The van der Waals surface area contributed by atoms with E-state index in [0.29, 0.717) is 48.2 Å². The summed E-state index contributed by atoms with van der Waals surface area (Å²) < 4.78 is 7.69. The van der Waals surface area contributed by atoms with E-state index in [4.69, 9.17) is 9.84 Å². The van der Waals surface area contributed by atoms with Crippen molar-refractivity contribution in [3.8, 4) is 5.75 Å². The molecule has 1 atom stereocenters. The second kappa shape index (κ2) is 11.0. The van der Waals surface area contributed by atoms with Crippen molar-refractivity contribution >= 4 is 17.5 Å². The minimum Gasteiger partial charge on any atom is -0.489 e. The third kappa shape index (κ3) is 5.52. The Hall–Kier alpha value is -4.50. The van der Waals surface area contributed by atoms with Crippen LogP contribution in [-0.2, 0) is 17.8 Å². The van der Waals surface area contributed by atoms with Crippen molar-refractivity contribution in [1.82, 2.24) is 19.7 Å². The third-order valence-corrected chi connectivity index (χ3v) is 6.06. The number of allylic oxidation sites excluding steroid dienone is 1. The van der Waals surface area contributed by atoms with Crippen LogP contribution >= 0.6 is 0 Å². The smallest absolute Gasteiger partial charge is 0.255 e. The molecule has 0 aliphatic carbocycles. The number of fused-ring (bicyclic) bond motifs is 1. The number of aryl methyl sites for hydroxylation is 1. The topological polar surface area (TPSA) is 114 Å². The number of benzene rings is 2. The molecule has 0 fully saturated rings. The highest BCUT2D eigenvalue weighted by molar-refractivity contribution is 6.05. The number of nitrogens with one attached hydrogen (secondary N) is 2. The number of rotatable bonds is 9. The van der Waals surface area contributed by atoms with Crippen LogP contribution in [0.15, 0.2) is 90.4 Å². The predicted molar refractivity (Wildman–Crippen MR) is 140 cm³/mol. The summed E-state index contributed by atoms with van der Waals surface area (Å²) in [6.07, 6.45) is 4.35. The summed E-state index contributed by atoms with van der Waals surface area (Å²) in [6, 6.07) is 20.7. The predicted octanol–water partition coefficient (Wildman–Crippen LogP) is 4.10. The van der Waals surface area contributed by atoms with Gasteiger partial charge in [0.05, 0.1) is 17.5 Å². The molecule has 4 aromatic rings. The zero-order chi connectivity index (χ0) is 25.6. The zero-order valence-corrected chi connectivity index (χ0v) is 20.5. The number of hydrogen-bond acceptors (Lipinski definition) is 7. The van der Waals surface area contributed by atoms with Crippen LogP contribution in [0.3, 0.4) is 0 Å². The lowest BCUT2D eigenvalue weighted by Crippen LogP contribution is -2.31. The monoisotopic (exact) mass is 496 g/mol. The Kier molecular flexibility index (Phi) is 7.23. The fourth-order valence-electron chi connectivity index (χ4n) is 4.26. The molecule has 1 aliphatic rings. The summed E-state index contributed by atoms with van der Waals surface area (Å²) in [5.41, 5.74) is 3.76. The van der Waals surface area contributed by atoms with Gasteiger partial charge in [-0.05, 0) is 48.7 Å². The van der Waals surface area contributed by atoms with E-state index in [9.17, 15) is 9.90 Å². The van der Waals surface area contributed by atoms with Crippen LogP contribution in [0.5, 0.6) is 5.75 Å². The van der Waals surface area contributed by atoms with Crippen molar-refractivity contribution in [3.05, 3.63) is 107 Å². The van der Waals surface area contributed by atoms with E-state index in [1.54, 1.807) is 29.2 Å². The average molecular weight is 497 g/mol. The summed E-state index contributed by atoms with van der Waals surface area (Å²) in [7, 11) is 0. The van der Waals surface area contributed by atoms with Gasteiger partial charge < -0.3 is 20.5 Å². The number of aromatic nitrogens is 4. The molecule has 0 spiro atoms. The van der Waals surface area contributed by atoms with Crippen molar-refractivity contribution in [2.75, 3.05) is 17.2 Å². The molecule has 2 aromatic heterocycles. The average Bonchev–Trinajstić information content (AvgIpc) is 3.33. The molecule has 2 aromatic carbocycles. The molecule has 0 radical (unpaired) electrons. The van der Waals surface area contributed by atoms with Gasteiger partial charge in [-0.1, -0.05) is 42.5 Å². The molecule has 1 aliphatic heterocycles. The van der Waals surface area contributed by atoms with E-state index < -0.39 is 6.04 Å². The fraction of sp³-hybridized carbons (Fsp3) is 0.214. The van der Waals surface area contributed by atoms with Crippen LogP contribution in [-0.4, -0.2) is 37.4 Å². The molecule has 37 heavy (non-hydrogen) atoms. The molecule has 9 nitrogen and oxygen atoms in total. The Bertz CT molecular complexity index is 1380. The van der Waals surface area contributed by atoms with Crippen molar-refractivity contribution < 1.29 is 14.6 Å². The van der Waals surface area contributed by atoms with Gasteiger partial charge in [0.15, 0.2) is 5.82 Å². The Labute approximate surface area is 214 Å². The van der Waals surface area contributed by atoms with E-state index in [1.807, 2.05) is 61.5 Å². The van der Waals surface area contributed by atoms with Gasteiger partial charge in [-0.3, -0.25) is 9.78 Å². The van der Waals surface area contributed by atoms with Gasteiger partial charge in [0.1, 0.15) is 18.4 Å². The highest BCUT2D eigenvalue weighted by Gasteiger charge is 2.34. The highest BCUT2D eigenvalue weighted by Crippen LogP contribution is 2.36. The van der Waals surface area contributed by atoms with Crippen molar-refractivity contribution in [2.45, 2.75) is 32.4 Å². The maximum absolute atomic E-state index is 13.5. The molecule has 0 bridgehead atoms. The van der Waals surface area contributed by atoms with Crippen LogP contribution in [0.1, 0.15) is 36.3 Å². The van der Waals surface area contributed by atoms with Gasteiger partial charge in [0.2, 0.25) is 5.95 Å². The number of ether oxygens (including phenoxy) is 1. The SMILES string of the molecule is CC1=C(C(=O)Nc2cccnc2)[C@@H](c2ccc(OCc3ccccc3)cc2)n2nc(CCCO)nc2N1. The molecule has 3 N–H and O–H groups in total. The lowest BCUT2D eigenvalue weighted by Gasteiger charge is -2.28. The standard InChI is InChI=1S/C28H28N6O3/c1-19-25(27(36)31-22-9-5-15-29-17-22)26(34-28(30-19)32-24(33-34)10-6-16-35)21-11-13-23(14-12-21)37-18-20-7-3-2-4-8-20/h2-5,7-9,11-15,17,26,35H,6,10,16,18H2,1H3,(H,31,36)(H,30,32,33)/t26-/m1/s1. The van der Waals surface area contributed by atoms with Crippen LogP contribution in [0.4, 0.5) is 11.6 Å². The number of amides is 1. The van der Waals surface area contributed by atoms with Crippen molar-refractivity contribution in [3.63, 3.8) is 0 Å². The van der Waals surface area contributed by atoms with Gasteiger partial charge in [-0.25, -0.2) is 4.68 Å². The molecule has 188 valence electrons. The van der Waals surface area contributed by atoms with E-state index >= 15 is 0 Å². The summed E-state index contributed by atoms with van der Waals surface area (Å²) in [4.78, 5) is 22.2. The van der Waals surface area contributed by atoms with Gasteiger partial charge in [-0.15, -0.1) is 0 Å². The second-order valence-electron chi connectivity index (χ2n) is 8.73. The molecule has 0 saturated heterocycles. The Balaban J connectivity index is 1.45. The first-order valence-electron chi connectivity index (χ1n) is 12.1. The Morgan fingerprint density at radius 2 is 1.92 bits per heavy atom. The first-order chi connectivity index (χ1) is 18.1. The molecule has 9 heteroatoms. The maximum Gasteiger partial charge on any atom is 0.255 e. The van der Waals surface area contributed by atoms with Gasteiger partial charge in [0.25, 0.3) is 5.91 Å². The normalized spacial score (nSPS) is 14.6. The summed E-state index contributed by atoms with van der Waals surface area (Å²) in [5, 5.41) is 20.1. The minimum absolute atomic E-state index is 0.0568. The van der Waals surface area contributed by atoms with E-state index in [1.165, 1.54) is 0 Å². The quantitative estimate of drug-likeness (QED) is 0.320. The third-order valence-electron chi connectivity index (χ3n) is 6.06. The van der Waals surface area contributed by atoms with Crippen LogP contribution in [0.25, 0.3) is 0 Å². The van der Waals surface area contributed by atoms with E-state index in [-0.39, 0.29) is 12.5 Å². The maximum atomic E-state index is 13.5. The lowest BCUT2D eigenvalue weighted by atomic mass is 9.95. The summed E-state index contributed by atoms with van der Waals surface area (Å²) >= 11 is 0. The molecule has 5 rings (SSSR count). The van der Waals surface area contributed by atoms with Gasteiger partial charge in [-0.2, -0.15) is 10.1 Å². The number of carbonyl (C=O) groups is 1. The van der Waals surface area contributed by atoms with Crippen LogP contribution in [0.2, 0.25) is 0 Å². The minimum atomic E-state index is -0.508. The number of anilines is 2. The van der Waals surface area contributed by atoms with Gasteiger partial charge >= 0.3 is 0 Å². The number of pyridine rings is 1. The number of aliphatic hydroxyl groups is 1. The molecule has 0 unspecified atom stereocenters. The van der Waals surface area contributed by atoms with Crippen LogP contribution in [0, 0.1) is 0 Å². The number of aliphatic hydroxyl groups excluding tert-OH is 1. The Morgan fingerprint density at radius 1 is 1.11 bits per heavy atom. The van der Waals surface area contributed by atoms with E-state index in [0.717, 1.165) is 16.9 Å². The second-order valence-corrected chi connectivity index (χ2v) is 8.73. The molecular formula is C28H28N6O3. The first kappa shape index (κ1) is 24.2. The molecule has 3 heterocycles. The molecule has 1 amide bonds. The Morgan fingerprint density at radius 3 is 2.65 bits per heavy atom. The summed E-state index contributed by atoms with van der Waals surface area (Å²) in [5.74, 6) is 1.63. The van der Waals surface area contributed by atoms with Crippen molar-refractivity contribution in [2.24, 2.45) is 0 Å². The number of hydrogen-bond donors (Lipinski definition) is 3. The fourth-order valence-corrected chi connectivity index (χ4v) is 4.26. The molecule has 0 saturated carbocycles. The van der Waals surface area contributed by atoms with Gasteiger partial charge in [0, 0.05) is 24.9 Å². The largest absolute Gasteiger partial charge is 0.489 e.